The number of hydrogen-bond acceptors (Lipinski definition) is 4. The van der Waals surface area contributed by atoms with Gasteiger partial charge in [-0.25, -0.2) is 4.98 Å². The Labute approximate surface area is 139 Å². The summed E-state index contributed by atoms with van der Waals surface area (Å²) in [6.45, 7) is 4.18. The van der Waals surface area contributed by atoms with Crippen molar-refractivity contribution in [1.82, 2.24) is 14.9 Å². The molecule has 1 aromatic carbocycles. The summed E-state index contributed by atoms with van der Waals surface area (Å²) < 4.78 is 6.78. The number of fused-ring (bicyclic) bond motifs is 1. The zero-order valence-corrected chi connectivity index (χ0v) is 13.9. The molecule has 0 aliphatic heterocycles. The number of aromatic nitrogens is 2. The van der Waals surface area contributed by atoms with Crippen molar-refractivity contribution in [3.8, 4) is 0 Å². The van der Waals surface area contributed by atoms with Crippen molar-refractivity contribution in [1.29, 1.82) is 0 Å². The maximum absolute atomic E-state index is 12.5. The van der Waals surface area contributed by atoms with E-state index in [1.165, 1.54) is 16.5 Å². The minimum Gasteiger partial charge on any atom is -0.442 e. The third-order valence-electron chi connectivity index (χ3n) is 3.99. The quantitative estimate of drug-likeness (QED) is 0.797. The molecule has 1 N–H and O–H groups in total. The Morgan fingerprint density at radius 3 is 2.67 bits per heavy atom. The Balaban J connectivity index is 1.79. The first kappa shape index (κ1) is 16.0. The molecule has 3 rings (SSSR count). The van der Waals surface area contributed by atoms with Crippen LogP contribution in [0.15, 0.2) is 39.8 Å². The van der Waals surface area contributed by atoms with Gasteiger partial charge in [-0.15, -0.1) is 0 Å². The molecule has 0 aliphatic rings. The van der Waals surface area contributed by atoms with Crippen molar-refractivity contribution in [2.24, 2.45) is 7.05 Å². The lowest BCUT2D eigenvalue weighted by Crippen LogP contribution is -2.28. The second-order valence-corrected chi connectivity index (χ2v) is 5.87. The Kier molecular flexibility index (Phi) is 4.20. The van der Waals surface area contributed by atoms with Crippen LogP contribution in [0.3, 0.4) is 0 Å². The average Bonchev–Trinajstić information content (AvgIpc) is 2.90. The van der Waals surface area contributed by atoms with Crippen molar-refractivity contribution in [2.45, 2.75) is 20.3 Å². The number of rotatable bonds is 4. The number of furan rings is 1. The highest BCUT2D eigenvalue weighted by Gasteiger charge is 2.22. The molecule has 0 fully saturated rings. The van der Waals surface area contributed by atoms with Gasteiger partial charge in [0.1, 0.15) is 17.5 Å². The minimum absolute atomic E-state index is 0.194. The molecular weight excluding hydrogens is 306 g/mol. The molecular formula is C18H19N3O3. The average molecular weight is 325 g/mol. The third-order valence-corrected chi connectivity index (χ3v) is 3.99. The summed E-state index contributed by atoms with van der Waals surface area (Å²) in [7, 11) is 1.59. The van der Waals surface area contributed by atoms with Gasteiger partial charge < -0.3 is 14.3 Å². The van der Waals surface area contributed by atoms with E-state index in [0.29, 0.717) is 12.3 Å². The highest BCUT2D eigenvalue weighted by atomic mass is 16.3. The largest absolute Gasteiger partial charge is 0.442 e. The summed E-state index contributed by atoms with van der Waals surface area (Å²) in [6.07, 6.45) is 2.10. The SMILES string of the molecule is Cc1ccc(CCNC(=O)c2c(C)oc3ncn(C)c(=O)c23)cc1. The predicted octanol–water partition coefficient (Wildman–Crippen LogP) is 2.12. The number of carbonyl (C=O) groups excluding carboxylic acids is 1. The molecule has 6 heteroatoms. The fourth-order valence-electron chi connectivity index (χ4n) is 2.62. The molecule has 0 saturated heterocycles. The molecule has 3 aromatic rings. The predicted molar refractivity (Wildman–Crippen MR) is 91.2 cm³/mol. The van der Waals surface area contributed by atoms with Gasteiger partial charge in [0.25, 0.3) is 11.5 Å². The maximum atomic E-state index is 12.5. The van der Waals surface area contributed by atoms with Crippen LogP contribution in [0, 0.1) is 13.8 Å². The molecule has 0 atom stereocenters. The molecule has 2 aromatic heterocycles. The topological polar surface area (TPSA) is 77.1 Å². The molecule has 2 heterocycles. The van der Waals surface area contributed by atoms with Gasteiger partial charge in [0, 0.05) is 13.6 Å². The zero-order chi connectivity index (χ0) is 17.3. The third kappa shape index (κ3) is 2.95. The Morgan fingerprint density at radius 1 is 1.25 bits per heavy atom. The number of nitrogens with zero attached hydrogens (tertiary/aromatic N) is 2. The number of amides is 1. The number of benzene rings is 1. The van der Waals surface area contributed by atoms with Gasteiger partial charge in [0.15, 0.2) is 0 Å². The lowest BCUT2D eigenvalue weighted by molar-refractivity contribution is 0.0954. The van der Waals surface area contributed by atoms with Crippen molar-refractivity contribution in [3.63, 3.8) is 0 Å². The zero-order valence-electron chi connectivity index (χ0n) is 13.9. The van der Waals surface area contributed by atoms with E-state index in [2.05, 4.69) is 10.3 Å². The smallest absolute Gasteiger partial charge is 0.265 e. The van der Waals surface area contributed by atoms with E-state index < -0.39 is 0 Å². The molecule has 0 unspecified atom stereocenters. The summed E-state index contributed by atoms with van der Waals surface area (Å²) in [5.74, 6) is 0.0806. The maximum Gasteiger partial charge on any atom is 0.265 e. The van der Waals surface area contributed by atoms with Crippen LogP contribution in [0.1, 0.15) is 27.2 Å². The van der Waals surface area contributed by atoms with E-state index in [1.807, 2.05) is 31.2 Å². The van der Waals surface area contributed by atoms with Crippen LogP contribution in [0.25, 0.3) is 11.1 Å². The van der Waals surface area contributed by atoms with E-state index in [1.54, 1.807) is 14.0 Å². The van der Waals surface area contributed by atoms with Crippen LogP contribution in [-0.2, 0) is 13.5 Å². The summed E-state index contributed by atoms with van der Waals surface area (Å²) in [6, 6.07) is 8.17. The number of carbonyl (C=O) groups is 1. The van der Waals surface area contributed by atoms with E-state index in [-0.39, 0.29) is 28.1 Å². The van der Waals surface area contributed by atoms with Crippen LogP contribution >= 0.6 is 0 Å². The summed E-state index contributed by atoms with van der Waals surface area (Å²) in [5, 5.41) is 3.08. The van der Waals surface area contributed by atoms with Gasteiger partial charge >= 0.3 is 0 Å². The van der Waals surface area contributed by atoms with Gasteiger partial charge in [-0.2, -0.15) is 0 Å². The molecule has 0 bridgehead atoms. The minimum atomic E-state index is -0.316. The van der Waals surface area contributed by atoms with Crippen LogP contribution in [-0.4, -0.2) is 22.0 Å². The first-order chi connectivity index (χ1) is 11.5. The fourth-order valence-corrected chi connectivity index (χ4v) is 2.62. The van der Waals surface area contributed by atoms with Gasteiger partial charge in [-0.3, -0.25) is 9.59 Å². The van der Waals surface area contributed by atoms with Crippen LogP contribution in [0.2, 0.25) is 0 Å². The number of nitrogens with one attached hydrogen (secondary N) is 1. The summed E-state index contributed by atoms with van der Waals surface area (Å²) in [5.41, 5.74) is 2.52. The van der Waals surface area contributed by atoms with Crippen LogP contribution in [0.5, 0.6) is 0 Å². The van der Waals surface area contributed by atoms with Gasteiger partial charge in [0.05, 0.1) is 5.56 Å². The molecule has 0 aliphatic carbocycles. The van der Waals surface area contributed by atoms with Crippen LogP contribution < -0.4 is 10.9 Å². The lowest BCUT2D eigenvalue weighted by Gasteiger charge is -2.05. The number of aryl methyl sites for hydroxylation is 3. The van der Waals surface area contributed by atoms with E-state index in [9.17, 15) is 9.59 Å². The fraction of sp³-hybridized carbons (Fsp3) is 0.278. The normalized spacial score (nSPS) is 11.0. The van der Waals surface area contributed by atoms with Gasteiger partial charge in [-0.05, 0) is 25.8 Å². The molecule has 124 valence electrons. The second-order valence-electron chi connectivity index (χ2n) is 5.87. The van der Waals surface area contributed by atoms with Crippen molar-refractivity contribution in [2.75, 3.05) is 6.54 Å². The molecule has 0 saturated carbocycles. The Hall–Kier alpha value is -2.89. The van der Waals surface area contributed by atoms with Crippen LogP contribution in [0.4, 0.5) is 0 Å². The Bertz CT molecular complexity index is 952. The van der Waals surface area contributed by atoms with Crippen molar-refractivity contribution in [3.05, 3.63) is 63.4 Å². The van der Waals surface area contributed by atoms with Crippen molar-refractivity contribution >= 4 is 17.0 Å². The first-order valence-corrected chi connectivity index (χ1v) is 7.76. The Morgan fingerprint density at radius 2 is 1.96 bits per heavy atom. The molecule has 6 nitrogen and oxygen atoms in total. The van der Waals surface area contributed by atoms with Gasteiger partial charge in [-0.1, -0.05) is 29.8 Å². The second kappa shape index (κ2) is 6.31. The highest BCUT2D eigenvalue weighted by molar-refractivity contribution is 6.06. The lowest BCUT2D eigenvalue weighted by atomic mass is 10.1. The molecule has 0 radical (unpaired) electrons. The highest BCUT2D eigenvalue weighted by Crippen LogP contribution is 2.20. The molecule has 0 spiro atoms. The molecule has 1 amide bonds. The number of hydrogen-bond donors (Lipinski definition) is 1. The van der Waals surface area contributed by atoms with E-state index >= 15 is 0 Å². The molecule has 24 heavy (non-hydrogen) atoms. The monoisotopic (exact) mass is 325 g/mol. The van der Waals surface area contributed by atoms with E-state index in [0.717, 1.165) is 12.0 Å². The van der Waals surface area contributed by atoms with Crippen molar-refractivity contribution < 1.29 is 9.21 Å². The van der Waals surface area contributed by atoms with E-state index in [4.69, 9.17) is 4.42 Å². The first-order valence-electron chi connectivity index (χ1n) is 7.76. The summed E-state index contributed by atoms with van der Waals surface area (Å²) >= 11 is 0. The summed E-state index contributed by atoms with van der Waals surface area (Å²) in [4.78, 5) is 28.8. The standard InChI is InChI=1S/C18H19N3O3/c1-11-4-6-13(7-5-11)8-9-19-16(22)14-12(2)24-17-15(14)18(23)21(3)10-20-17/h4-7,10H,8-9H2,1-3H3,(H,19,22). The van der Waals surface area contributed by atoms with Gasteiger partial charge in [0.2, 0.25) is 5.71 Å².